The van der Waals surface area contributed by atoms with Gasteiger partial charge in [-0.1, -0.05) is 6.92 Å². The number of ether oxygens (including phenoxy) is 1. The highest BCUT2D eigenvalue weighted by molar-refractivity contribution is 7.92. The molecule has 0 fully saturated rings. The Hall–Kier alpha value is -1.16. The summed E-state index contributed by atoms with van der Waals surface area (Å²) in [7, 11) is -5.97. The van der Waals surface area contributed by atoms with Gasteiger partial charge in [-0.25, -0.2) is 22.0 Å². The molecule has 0 heterocycles. The Balaban J connectivity index is 3.26. The van der Waals surface area contributed by atoms with Crippen LogP contribution in [0.25, 0.3) is 0 Å². The van der Waals surface area contributed by atoms with Gasteiger partial charge in [-0.2, -0.15) is 0 Å². The first kappa shape index (κ1) is 17.9. The Morgan fingerprint density at radius 1 is 1.24 bits per heavy atom. The second-order valence-electron chi connectivity index (χ2n) is 4.59. The summed E-state index contributed by atoms with van der Waals surface area (Å²) >= 11 is 0. The summed E-state index contributed by atoms with van der Waals surface area (Å²) in [5.41, 5.74) is 1.46. The van der Waals surface area contributed by atoms with Crippen molar-refractivity contribution in [3.63, 3.8) is 0 Å². The monoisotopic (exact) mass is 336 g/mol. The van der Waals surface area contributed by atoms with Crippen LogP contribution in [0.1, 0.15) is 18.1 Å². The van der Waals surface area contributed by atoms with Crippen LogP contribution in [0.4, 0.5) is 5.69 Å². The van der Waals surface area contributed by atoms with Gasteiger partial charge in [0.05, 0.1) is 22.9 Å². The van der Waals surface area contributed by atoms with Crippen LogP contribution in [0.5, 0.6) is 0 Å². The van der Waals surface area contributed by atoms with E-state index in [1.807, 2.05) is 0 Å². The van der Waals surface area contributed by atoms with E-state index in [1.165, 1.54) is 19.2 Å². The lowest BCUT2D eigenvalue weighted by atomic mass is 10.1. The van der Waals surface area contributed by atoms with E-state index in [1.54, 1.807) is 13.8 Å². The summed E-state index contributed by atoms with van der Waals surface area (Å²) in [5, 5.41) is 5.11. The van der Waals surface area contributed by atoms with E-state index in [-0.39, 0.29) is 17.3 Å². The van der Waals surface area contributed by atoms with Gasteiger partial charge in [0, 0.05) is 7.11 Å². The molecule has 0 amide bonds. The molecule has 0 aromatic heterocycles. The molecule has 0 aliphatic heterocycles. The zero-order valence-corrected chi connectivity index (χ0v) is 13.8. The second kappa shape index (κ2) is 6.73. The van der Waals surface area contributed by atoms with Gasteiger partial charge in [0.2, 0.25) is 20.0 Å². The molecule has 0 aliphatic rings. The lowest BCUT2D eigenvalue weighted by Crippen LogP contribution is -2.21. The van der Waals surface area contributed by atoms with E-state index in [0.717, 1.165) is 0 Å². The highest BCUT2D eigenvalue weighted by Gasteiger charge is 2.18. The zero-order chi connectivity index (χ0) is 16.3. The van der Waals surface area contributed by atoms with Gasteiger partial charge in [-0.15, -0.1) is 0 Å². The summed E-state index contributed by atoms with van der Waals surface area (Å²) in [4.78, 5) is -0.0308. The highest BCUT2D eigenvalue weighted by atomic mass is 32.2. The largest absolute Gasteiger partial charge is 0.384 e. The van der Waals surface area contributed by atoms with Crippen LogP contribution in [0.2, 0.25) is 0 Å². The average molecular weight is 336 g/mol. The quantitative estimate of drug-likeness (QED) is 0.756. The molecule has 1 aromatic carbocycles. The Morgan fingerprint density at radius 2 is 1.86 bits per heavy atom. The molecule has 120 valence electrons. The Bertz CT molecular complexity index is 711. The number of anilines is 1. The fourth-order valence-electron chi connectivity index (χ4n) is 1.81. The molecular weight excluding hydrogens is 316 g/mol. The van der Waals surface area contributed by atoms with E-state index >= 15 is 0 Å². The van der Waals surface area contributed by atoms with E-state index in [2.05, 4.69) is 4.72 Å². The van der Waals surface area contributed by atoms with Crippen LogP contribution >= 0.6 is 0 Å². The maximum atomic E-state index is 11.9. The van der Waals surface area contributed by atoms with Crippen molar-refractivity contribution >= 4 is 25.7 Å². The maximum absolute atomic E-state index is 11.9. The topological polar surface area (TPSA) is 116 Å². The van der Waals surface area contributed by atoms with Crippen LogP contribution < -0.4 is 9.86 Å². The smallest absolute Gasteiger partial charge is 0.238 e. The third kappa shape index (κ3) is 4.95. The molecular formula is C12H20N2O5S2. The van der Waals surface area contributed by atoms with Crippen molar-refractivity contribution in [1.29, 1.82) is 0 Å². The van der Waals surface area contributed by atoms with Crippen LogP contribution in [0, 0.1) is 6.92 Å². The molecule has 0 saturated carbocycles. The molecule has 0 unspecified atom stereocenters. The first-order chi connectivity index (χ1) is 9.60. The average Bonchev–Trinajstić information content (AvgIpc) is 2.37. The normalized spacial score (nSPS) is 12.4. The molecule has 1 aromatic rings. The van der Waals surface area contributed by atoms with Crippen molar-refractivity contribution in [2.24, 2.45) is 5.14 Å². The lowest BCUT2D eigenvalue weighted by molar-refractivity contribution is 0.217. The van der Waals surface area contributed by atoms with Gasteiger partial charge in [-0.05, 0) is 36.6 Å². The van der Waals surface area contributed by atoms with Crippen LogP contribution in [0.3, 0.4) is 0 Å². The summed E-state index contributed by atoms with van der Waals surface area (Å²) in [5.74, 6) is -0.178. The molecule has 0 radical (unpaired) electrons. The predicted octanol–water partition coefficient (Wildman–Crippen LogP) is 0.593. The van der Waals surface area contributed by atoms with E-state index in [9.17, 15) is 16.8 Å². The number of nitrogens with two attached hydrogens (primary N) is 1. The molecule has 0 spiro atoms. The number of methoxy groups -OCH3 is 1. The fraction of sp³-hybridized carbons (Fsp3) is 0.500. The standard InChI is InChI=1S/C12H20N2O5S2/c1-4-10-8-11(21(13,17)18)7-9(2)12(10)14-20(15,16)6-5-19-3/h7-8,14H,4-6H2,1-3H3,(H2,13,17,18). The summed E-state index contributed by atoms with van der Waals surface area (Å²) in [6.45, 7) is 3.50. The molecule has 7 nitrogen and oxygen atoms in total. The molecule has 9 heteroatoms. The number of sulfonamides is 2. The second-order valence-corrected chi connectivity index (χ2v) is 7.99. The summed E-state index contributed by atoms with van der Waals surface area (Å²) in [6, 6.07) is 2.74. The number of hydrogen-bond donors (Lipinski definition) is 2. The summed E-state index contributed by atoms with van der Waals surface area (Å²) in [6.07, 6.45) is 0.465. The van der Waals surface area contributed by atoms with Crippen molar-refractivity contribution in [3.8, 4) is 0 Å². The molecule has 1 rings (SSSR count). The number of nitrogens with one attached hydrogen (secondary N) is 1. The Morgan fingerprint density at radius 3 is 2.33 bits per heavy atom. The van der Waals surface area contributed by atoms with Crippen molar-refractivity contribution < 1.29 is 21.6 Å². The van der Waals surface area contributed by atoms with Gasteiger partial charge in [-0.3, -0.25) is 4.72 Å². The third-order valence-corrected chi connectivity index (χ3v) is 5.03. The van der Waals surface area contributed by atoms with E-state index in [4.69, 9.17) is 9.88 Å². The van der Waals surface area contributed by atoms with Gasteiger partial charge in [0.25, 0.3) is 0 Å². The van der Waals surface area contributed by atoms with Crippen molar-refractivity contribution in [1.82, 2.24) is 0 Å². The molecule has 0 saturated heterocycles. The minimum Gasteiger partial charge on any atom is -0.384 e. The number of hydrogen-bond acceptors (Lipinski definition) is 5. The molecule has 0 aliphatic carbocycles. The molecule has 0 bridgehead atoms. The van der Waals surface area contributed by atoms with Crippen LogP contribution in [-0.2, 0) is 31.2 Å². The number of aryl methyl sites for hydroxylation is 2. The van der Waals surface area contributed by atoms with E-state index < -0.39 is 20.0 Å². The van der Waals surface area contributed by atoms with E-state index in [0.29, 0.717) is 23.2 Å². The fourth-order valence-corrected chi connectivity index (χ4v) is 3.55. The highest BCUT2D eigenvalue weighted by Crippen LogP contribution is 2.26. The first-order valence-electron chi connectivity index (χ1n) is 6.26. The minimum absolute atomic E-state index is 0.0308. The predicted molar refractivity (Wildman–Crippen MR) is 81.2 cm³/mol. The SMILES string of the molecule is CCc1cc(S(N)(=O)=O)cc(C)c1NS(=O)(=O)CCOC. The lowest BCUT2D eigenvalue weighted by Gasteiger charge is -2.15. The van der Waals surface area contributed by atoms with Gasteiger partial charge < -0.3 is 4.74 Å². The number of benzene rings is 1. The van der Waals surface area contributed by atoms with Crippen molar-refractivity contribution in [2.45, 2.75) is 25.2 Å². The van der Waals surface area contributed by atoms with Gasteiger partial charge >= 0.3 is 0 Å². The molecule has 3 N–H and O–H groups in total. The molecule has 0 atom stereocenters. The third-order valence-electron chi connectivity index (χ3n) is 2.91. The summed E-state index contributed by atoms with van der Waals surface area (Å²) < 4.78 is 53.9. The number of primary sulfonamides is 1. The molecule has 21 heavy (non-hydrogen) atoms. The van der Waals surface area contributed by atoms with Crippen molar-refractivity contribution in [3.05, 3.63) is 23.3 Å². The number of rotatable bonds is 7. The Kier molecular flexibility index (Phi) is 5.74. The van der Waals surface area contributed by atoms with Gasteiger partial charge in [0.15, 0.2) is 0 Å². The van der Waals surface area contributed by atoms with Gasteiger partial charge in [0.1, 0.15) is 0 Å². The Labute approximate surface area is 125 Å². The van der Waals surface area contributed by atoms with Crippen molar-refractivity contribution in [2.75, 3.05) is 24.2 Å². The maximum Gasteiger partial charge on any atom is 0.238 e. The van der Waals surface area contributed by atoms with Crippen LogP contribution in [-0.4, -0.2) is 36.3 Å². The zero-order valence-electron chi connectivity index (χ0n) is 12.2. The minimum atomic E-state index is -3.83. The van der Waals surface area contributed by atoms with Crippen LogP contribution in [0.15, 0.2) is 17.0 Å². The first-order valence-corrected chi connectivity index (χ1v) is 9.46.